The van der Waals surface area contributed by atoms with Crippen molar-refractivity contribution in [3.8, 4) is 5.75 Å². The molecule has 18 heteroatoms. The number of carboxylic acid groups (broad SMARTS) is 1. The van der Waals surface area contributed by atoms with Crippen LogP contribution in [-0.2, 0) is 40.0 Å². The summed E-state index contributed by atoms with van der Waals surface area (Å²) in [6.45, 7) is 1.34. The van der Waals surface area contributed by atoms with E-state index in [0.29, 0.717) is 11.3 Å². The van der Waals surface area contributed by atoms with E-state index in [-0.39, 0.29) is 37.5 Å². The lowest BCUT2D eigenvalue weighted by atomic mass is 10.0. The molecule has 17 nitrogen and oxygen atoms in total. The molecule has 0 fully saturated rings. The van der Waals surface area contributed by atoms with Crippen molar-refractivity contribution in [1.29, 1.82) is 0 Å². The Hall–Kier alpha value is -4.42. The third-order valence-electron chi connectivity index (χ3n) is 6.48. The van der Waals surface area contributed by atoms with Crippen LogP contribution >= 0.6 is 11.8 Å². The quantitative estimate of drug-likeness (QED) is 0.0619. The Morgan fingerprint density at radius 2 is 1.32 bits per heavy atom. The molecule has 0 bridgehead atoms. The minimum absolute atomic E-state index is 0.00711. The van der Waals surface area contributed by atoms with Gasteiger partial charge in [0, 0.05) is 6.42 Å². The van der Waals surface area contributed by atoms with Crippen molar-refractivity contribution in [2.75, 3.05) is 38.2 Å². The minimum Gasteiger partial charge on any atom is -0.508 e. The molecule has 0 aliphatic carbocycles. The summed E-state index contributed by atoms with van der Waals surface area (Å²) in [5.41, 5.74) is 5.82. The number of nitrogens with two attached hydrogens (primary N) is 1. The number of thioether (sulfide) groups is 1. The van der Waals surface area contributed by atoms with Crippen molar-refractivity contribution in [3.05, 3.63) is 29.8 Å². The summed E-state index contributed by atoms with van der Waals surface area (Å²) in [5, 5.41) is 42.2. The Morgan fingerprint density at radius 3 is 1.85 bits per heavy atom. The smallest absolute Gasteiger partial charge is 0.328 e. The van der Waals surface area contributed by atoms with Crippen LogP contribution < -0.4 is 37.6 Å². The molecule has 4 atom stereocenters. The summed E-state index contributed by atoms with van der Waals surface area (Å²) >= 11 is 1.41. The summed E-state index contributed by atoms with van der Waals surface area (Å²) < 4.78 is 0. The normalized spacial score (nSPS) is 13.3. The molecule has 1 aromatic carbocycles. The first-order valence-electron chi connectivity index (χ1n) is 14.7. The number of aliphatic carboxylic acids is 1. The number of aliphatic hydroxyl groups excluding tert-OH is 1. The van der Waals surface area contributed by atoms with Gasteiger partial charge in [-0.1, -0.05) is 26.0 Å². The minimum atomic E-state index is -1.56. The summed E-state index contributed by atoms with van der Waals surface area (Å²) in [5.74, 6) is -5.42. The molecule has 0 unspecified atom stereocenters. The van der Waals surface area contributed by atoms with Crippen LogP contribution in [0.2, 0.25) is 0 Å². The topological polar surface area (TPSA) is 278 Å². The number of aliphatic hydroxyl groups is 1. The molecule has 0 spiro atoms. The van der Waals surface area contributed by atoms with E-state index in [9.17, 15) is 38.7 Å². The first-order chi connectivity index (χ1) is 22.2. The van der Waals surface area contributed by atoms with Crippen molar-refractivity contribution >= 4 is 53.2 Å². The fourth-order valence-electron chi connectivity index (χ4n) is 4.05. The zero-order chi connectivity index (χ0) is 35.5. The highest BCUT2D eigenvalue weighted by Gasteiger charge is 2.30. The van der Waals surface area contributed by atoms with Gasteiger partial charge in [-0.2, -0.15) is 11.8 Å². The first kappa shape index (κ1) is 40.6. The molecule has 11 N–H and O–H groups in total. The van der Waals surface area contributed by atoms with Gasteiger partial charge in [-0.15, -0.1) is 0 Å². The number of hydrogen-bond acceptors (Lipinski definition) is 11. The van der Waals surface area contributed by atoms with Gasteiger partial charge in [0.25, 0.3) is 0 Å². The van der Waals surface area contributed by atoms with Gasteiger partial charge in [-0.25, -0.2) is 4.79 Å². The van der Waals surface area contributed by atoms with Crippen molar-refractivity contribution in [1.82, 2.24) is 31.9 Å². The summed E-state index contributed by atoms with van der Waals surface area (Å²) in [7, 11) is 0. The van der Waals surface area contributed by atoms with Crippen LogP contribution in [-0.4, -0.2) is 119 Å². The molecule has 6 amide bonds. The van der Waals surface area contributed by atoms with Gasteiger partial charge in [0.15, 0.2) is 0 Å². The molecule has 0 aromatic heterocycles. The SMILES string of the molecule is CSCC[C@H](NC(=O)[C@H](Cc1ccc(O)cc1)NC(=O)CNC(=O)CN)C(=O)N[C@@H](CC(C)C)C(=O)NCC(=O)N[C@@H](CO)C(=O)O. The zero-order valence-electron chi connectivity index (χ0n) is 26.5. The van der Waals surface area contributed by atoms with E-state index in [2.05, 4.69) is 31.9 Å². The lowest BCUT2D eigenvalue weighted by molar-refractivity contribution is -0.142. The van der Waals surface area contributed by atoms with E-state index >= 15 is 0 Å². The number of amides is 6. The maximum Gasteiger partial charge on any atom is 0.328 e. The molecular formula is C29H45N7O10S. The fourth-order valence-corrected chi connectivity index (χ4v) is 4.52. The van der Waals surface area contributed by atoms with Gasteiger partial charge in [-0.05, 0) is 48.5 Å². The number of carbonyl (C=O) groups excluding carboxylic acids is 6. The van der Waals surface area contributed by atoms with E-state index in [4.69, 9.17) is 15.9 Å². The van der Waals surface area contributed by atoms with Crippen LogP contribution in [0.3, 0.4) is 0 Å². The number of rotatable bonds is 21. The van der Waals surface area contributed by atoms with Gasteiger partial charge >= 0.3 is 5.97 Å². The van der Waals surface area contributed by atoms with Crippen LogP contribution in [0, 0.1) is 5.92 Å². The van der Waals surface area contributed by atoms with Gasteiger partial charge < -0.3 is 53.0 Å². The Bertz CT molecular complexity index is 1230. The first-order valence-corrected chi connectivity index (χ1v) is 16.1. The predicted octanol–water partition coefficient (Wildman–Crippen LogP) is -3.06. The Morgan fingerprint density at radius 1 is 0.766 bits per heavy atom. The Labute approximate surface area is 276 Å². The molecule has 0 aliphatic heterocycles. The molecule has 1 rings (SSSR count). The van der Waals surface area contributed by atoms with Crippen LogP contribution in [0.25, 0.3) is 0 Å². The molecule has 0 saturated heterocycles. The van der Waals surface area contributed by atoms with E-state index in [1.807, 2.05) is 0 Å². The second-order valence-electron chi connectivity index (χ2n) is 10.9. The maximum absolute atomic E-state index is 13.5. The highest BCUT2D eigenvalue weighted by molar-refractivity contribution is 7.98. The Kier molecular flexibility index (Phi) is 18.5. The van der Waals surface area contributed by atoms with Gasteiger partial charge in [0.05, 0.1) is 26.2 Å². The van der Waals surface area contributed by atoms with E-state index in [1.165, 1.54) is 23.9 Å². The predicted molar refractivity (Wildman–Crippen MR) is 172 cm³/mol. The van der Waals surface area contributed by atoms with E-state index in [1.54, 1.807) is 32.2 Å². The van der Waals surface area contributed by atoms with Crippen molar-refractivity contribution in [2.24, 2.45) is 11.7 Å². The number of hydrogen-bond donors (Lipinski definition) is 10. The summed E-state index contributed by atoms with van der Waals surface area (Å²) in [6, 6.07) is 0.889. The maximum atomic E-state index is 13.5. The van der Waals surface area contributed by atoms with Gasteiger partial charge in [0.1, 0.15) is 29.9 Å². The van der Waals surface area contributed by atoms with Crippen molar-refractivity contribution < 1.29 is 48.9 Å². The highest BCUT2D eigenvalue weighted by atomic mass is 32.2. The number of benzene rings is 1. The van der Waals surface area contributed by atoms with Gasteiger partial charge in [0.2, 0.25) is 35.4 Å². The molecule has 0 heterocycles. The van der Waals surface area contributed by atoms with Crippen LogP contribution in [0.15, 0.2) is 24.3 Å². The molecule has 47 heavy (non-hydrogen) atoms. The van der Waals surface area contributed by atoms with Crippen LogP contribution in [0.1, 0.15) is 32.3 Å². The third kappa shape index (κ3) is 16.1. The number of phenols is 1. The standard InChI is InChI=1S/C29H45N7O10S/c1-16(2)10-20(26(42)32-14-25(41)34-22(15-37)29(45)46)36-27(43)19(8-9-47-3)35-28(44)21(11-17-4-6-18(38)7-5-17)33-24(40)13-31-23(39)12-30/h4-7,16,19-22,37-38H,8-15,30H2,1-3H3,(H,31,39)(H,32,42)(H,33,40)(H,34,41)(H,35,44)(H,36,43)(H,45,46)/t19-,20-,21-,22-/m0/s1. The monoisotopic (exact) mass is 683 g/mol. The van der Waals surface area contributed by atoms with Crippen LogP contribution in [0.5, 0.6) is 5.75 Å². The molecule has 262 valence electrons. The summed E-state index contributed by atoms with van der Waals surface area (Å²) in [4.78, 5) is 87.2. The second kappa shape index (κ2) is 21.4. The van der Waals surface area contributed by atoms with Gasteiger partial charge in [-0.3, -0.25) is 28.8 Å². The molecular weight excluding hydrogens is 638 g/mol. The average molecular weight is 684 g/mol. The van der Waals surface area contributed by atoms with E-state index < -0.39 is 85.3 Å². The highest BCUT2D eigenvalue weighted by Crippen LogP contribution is 2.12. The largest absolute Gasteiger partial charge is 0.508 e. The summed E-state index contributed by atoms with van der Waals surface area (Å²) in [6.07, 6.45) is 2.08. The number of phenolic OH excluding ortho intramolecular Hbond substituents is 1. The molecule has 1 aromatic rings. The molecule has 0 aliphatic rings. The zero-order valence-corrected chi connectivity index (χ0v) is 27.4. The lowest BCUT2D eigenvalue weighted by Gasteiger charge is -2.26. The number of nitrogens with one attached hydrogen (secondary N) is 6. The average Bonchev–Trinajstić information content (AvgIpc) is 3.02. The van der Waals surface area contributed by atoms with Crippen molar-refractivity contribution in [2.45, 2.75) is 57.3 Å². The Balaban J connectivity index is 3.10. The molecule has 0 saturated carbocycles. The number of carboxylic acids is 1. The third-order valence-corrected chi connectivity index (χ3v) is 7.13. The fraction of sp³-hybridized carbons (Fsp3) is 0.552. The molecule has 0 radical (unpaired) electrons. The van der Waals surface area contributed by atoms with Crippen molar-refractivity contribution in [3.63, 3.8) is 0 Å². The second-order valence-corrected chi connectivity index (χ2v) is 11.8. The lowest BCUT2D eigenvalue weighted by Crippen LogP contribution is -2.58. The van der Waals surface area contributed by atoms with E-state index in [0.717, 1.165) is 0 Å². The van der Waals surface area contributed by atoms with Crippen LogP contribution in [0.4, 0.5) is 0 Å². The number of aromatic hydroxyl groups is 1. The number of carbonyl (C=O) groups is 7.